The van der Waals surface area contributed by atoms with Crippen LogP contribution in [0.25, 0.3) is 106 Å². The molecule has 6 heteroatoms. The zero-order valence-corrected chi connectivity index (χ0v) is 27.1. The largest absolute Gasteiger partial charge is 0.456 e. The number of rotatable bonds is 4. The van der Waals surface area contributed by atoms with Gasteiger partial charge < -0.3 is 13.4 Å². The summed E-state index contributed by atoms with van der Waals surface area (Å²) < 4.78 is 15.5. The smallest absolute Gasteiger partial charge is 0.164 e. The molecule has 11 rings (SSSR count). The van der Waals surface area contributed by atoms with Crippen LogP contribution in [0.4, 0.5) is 0 Å². The lowest BCUT2D eigenvalue weighted by Crippen LogP contribution is -2.00. The molecule has 238 valence electrons. The van der Waals surface area contributed by atoms with E-state index in [9.17, 15) is 0 Å². The van der Waals surface area contributed by atoms with E-state index in [0.717, 1.165) is 66.3 Å². The molecule has 0 aliphatic carbocycles. The van der Waals surface area contributed by atoms with Crippen LogP contribution in [0.2, 0.25) is 0 Å². The van der Waals surface area contributed by atoms with E-state index in [4.69, 9.17) is 23.8 Å². The van der Waals surface area contributed by atoms with Crippen LogP contribution in [-0.2, 0) is 0 Å². The molecule has 0 unspecified atom stereocenters. The van der Waals surface area contributed by atoms with Gasteiger partial charge in [-0.2, -0.15) is 0 Å². The van der Waals surface area contributed by atoms with Gasteiger partial charge in [-0.05, 0) is 54.6 Å². The average molecular weight is 655 g/mol. The Morgan fingerprint density at radius 1 is 0.373 bits per heavy atom. The van der Waals surface area contributed by atoms with E-state index < -0.39 is 0 Å². The van der Waals surface area contributed by atoms with E-state index in [2.05, 4.69) is 89.5 Å². The fraction of sp³-hybridized carbons (Fsp3) is 0. The number of hydrogen-bond donors (Lipinski definition) is 0. The quantitative estimate of drug-likeness (QED) is 0.189. The number of para-hydroxylation sites is 2. The van der Waals surface area contributed by atoms with Crippen LogP contribution >= 0.6 is 0 Å². The number of furan rings is 2. The summed E-state index contributed by atoms with van der Waals surface area (Å²) in [5, 5.41) is 6.51. The molecule has 11 aromatic rings. The van der Waals surface area contributed by atoms with Crippen molar-refractivity contribution in [3.63, 3.8) is 0 Å². The zero-order chi connectivity index (χ0) is 33.5. The van der Waals surface area contributed by atoms with Crippen molar-refractivity contribution in [2.45, 2.75) is 0 Å². The van der Waals surface area contributed by atoms with Gasteiger partial charge in [0, 0.05) is 49.3 Å². The van der Waals surface area contributed by atoms with Gasteiger partial charge in [-0.3, -0.25) is 0 Å². The Morgan fingerprint density at radius 3 is 1.61 bits per heavy atom. The molecule has 0 radical (unpaired) electrons. The van der Waals surface area contributed by atoms with Gasteiger partial charge in [0.2, 0.25) is 0 Å². The van der Waals surface area contributed by atoms with Crippen LogP contribution in [-0.4, -0.2) is 19.5 Å². The number of fused-ring (bicyclic) bond motifs is 10. The maximum Gasteiger partial charge on any atom is 0.164 e. The highest BCUT2D eigenvalue weighted by atomic mass is 16.3. The minimum atomic E-state index is 0.580. The zero-order valence-electron chi connectivity index (χ0n) is 27.1. The lowest BCUT2D eigenvalue weighted by Gasteiger charge is -2.08. The third-order valence-electron chi connectivity index (χ3n) is 9.85. The summed E-state index contributed by atoms with van der Waals surface area (Å²) in [4.78, 5) is 14.7. The molecule has 51 heavy (non-hydrogen) atoms. The van der Waals surface area contributed by atoms with E-state index in [1.807, 2.05) is 72.8 Å². The van der Waals surface area contributed by atoms with Crippen molar-refractivity contribution >= 4 is 65.7 Å². The molecule has 0 aliphatic heterocycles. The molecule has 0 aliphatic rings. The van der Waals surface area contributed by atoms with Crippen molar-refractivity contribution in [3.8, 4) is 39.9 Å². The van der Waals surface area contributed by atoms with Gasteiger partial charge in [0.15, 0.2) is 17.5 Å². The molecule has 4 heterocycles. The summed E-state index contributed by atoms with van der Waals surface area (Å²) in [5.74, 6) is 1.82. The monoisotopic (exact) mass is 654 g/mol. The van der Waals surface area contributed by atoms with Crippen molar-refractivity contribution in [3.05, 3.63) is 158 Å². The molecule has 0 saturated carbocycles. The number of hydrogen-bond acceptors (Lipinski definition) is 5. The van der Waals surface area contributed by atoms with Gasteiger partial charge in [0.25, 0.3) is 0 Å². The lowest BCUT2D eigenvalue weighted by atomic mass is 10.1. The third-order valence-corrected chi connectivity index (χ3v) is 9.85. The summed E-state index contributed by atoms with van der Waals surface area (Å²) in [6, 6.07) is 53.9. The van der Waals surface area contributed by atoms with Crippen molar-refractivity contribution in [2.75, 3.05) is 0 Å². The Kier molecular flexibility index (Phi) is 5.86. The second-order valence-corrected chi connectivity index (χ2v) is 12.8. The normalized spacial score (nSPS) is 11.9. The van der Waals surface area contributed by atoms with Gasteiger partial charge in [0.1, 0.15) is 22.3 Å². The maximum absolute atomic E-state index is 6.62. The summed E-state index contributed by atoms with van der Waals surface area (Å²) in [5.41, 5.74) is 9.29. The van der Waals surface area contributed by atoms with Crippen LogP contribution in [0.5, 0.6) is 0 Å². The fourth-order valence-corrected chi connectivity index (χ4v) is 7.50. The summed E-state index contributed by atoms with van der Waals surface area (Å²) in [7, 11) is 0. The second-order valence-electron chi connectivity index (χ2n) is 12.8. The van der Waals surface area contributed by atoms with E-state index in [-0.39, 0.29) is 0 Å². The molecular formula is C45H26N4O2. The first-order valence-electron chi connectivity index (χ1n) is 16.9. The maximum atomic E-state index is 6.62. The molecule has 0 atom stereocenters. The van der Waals surface area contributed by atoms with Crippen LogP contribution in [0.15, 0.2) is 167 Å². The SMILES string of the molecule is c1ccc(-c2nc(-c3ccccc3)nc(-c3ccc4c(c3)oc3ccc5c6cc(-n7c8ccccc8c8ccccc87)ccc6oc5c34)n2)cc1. The number of aromatic nitrogens is 4. The van der Waals surface area contributed by atoms with Crippen molar-refractivity contribution in [2.24, 2.45) is 0 Å². The molecule has 4 aromatic heterocycles. The van der Waals surface area contributed by atoms with Crippen molar-refractivity contribution in [1.82, 2.24) is 19.5 Å². The summed E-state index contributed by atoms with van der Waals surface area (Å²) >= 11 is 0. The first-order chi connectivity index (χ1) is 25.3. The molecular weight excluding hydrogens is 629 g/mol. The minimum Gasteiger partial charge on any atom is -0.456 e. The predicted octanol–water partition coefficient (Wildman–Crippen LogP) is 11.8. The first-order valence-corrected chi connectivity index (χ1v) is 16.9. The lowest BCUT2D eigenvalue weighted by molar-refractivity contribution is 0.663. The second kappa shape index (κ2) is 10.7. The highest BCUT2D eigenvalue weighted by Gasteiger charge is 2.20. The Morgan fingerprint density at radius 2 is 0.941 bits per heavy atom. The Hall–Kier alpha value is -7.05. The predicted molar refractivity (Wildman–Crippen MR) is 205 cm³/mol. The Bertz CT molecular complexity index is 3030. The molecule has 6 nitrogen and oxygen atoms in total. The number of nitrogens with zero attached hydrogens (tertiary/aromatic N) is 4. The highest BCUT2D eigenvalue weighted by Crippen LogP contribution is 2.41. The Balaban J connectivity index is 1.07. The van der Waals surface area contributed by atoms with Crippen LogP contribution in [0, 0.1) is 0 Å². The molecule has 0 fully saturated rings. The average Bonchev–Trinajstić information content (AvgIpc) is 3.87. The van der Waals surface area contributed by atoms with Crippen LogP contribution < -0.4 is 0 Å². The molecule has 7 aromatic carbocycles. The highest BCUT2D eigenvalue weighted by molar-refractivity contribution is 6.22. The summed E-state index contributed by atoms with van der Waals surface area (Å²) in [6.07, 6.45) is 0. The molecule has 0 saturated heterocycles. The van der Waals surface area contributed by atoms with Gasteiger partial charge in [-0.25, -0.2) is 15.0 Å². The van der Waals surface area contributed by atoms with Gasteiger partial charge in [0.05, 0.1) is 16.4 Å². The standard InChI is InChI=1S/C45H26N4O2/c1-3-11-27(12-4-1)43-46-44(28-13-5-2-6-14-28)48-45(47-43)29-19-21-34-40(25-29)50-39-24-22-33-35-26-30(20-23-38(35)51-42(33)41(34)39)49-36-17-9-7-15-31(36)32-16-8-10-18-37(32)49/h1-26H. The van der Waals surface area contributed by atoms with E-state index in [1.165, 1.54) is 21.8 Å². The molecule has 0 amide bonds. The minimum absolute atomic E-state index is 0.580. The van der Waals surface area contributed by atoms with Crippen LogP contribution in [0.3, 0.4) is 0 Å². The van der Waals surface area contributed by atoms with Gasteiger partial charge >= 0.3 is 0 Å². The van der Waals surface area contributed by atoms with Gasteiger partial charge in [-0.15, -0.1) is 0 Å². The van der Waals surface area contributed by atoms with E-state index in [0.29, 0.717) is 17.5 Å². The van der Waals surface area contributed by atoms with Crippen LogP contribution in [0.1, 0.15) is 0 Å². The van der Waals surface area contributed by atoms with E-state index in [1.54, 1.807) is 0 Å². The third kappa shape index (κ3) is 4.26. The fourth-order valence-electron chi connectivity index (χ4n) is 7.50. The molecule has 0 bridgehead atoms. The number of benzene rings is 7. The first kappa shape index (κ1) is 27.9. The molecule has 0 spiro atoms. The molecule has 0 N–H and O–H groups in total. The Labute approximate surface area is 290 Å². The van der Waals surface area contributed by atoms with Crippen molar-refractivity contribution < 1.29 is 8.83 Å². The topological polar surface area (TPSA) is 69.9 Å². The van der Waals surface area contributed by atoms with E-state index >= 15 is 0 Å². The van der Waals surface area contributed by atoms with Gasteiger partial charge in [-0.1, -0.05) is 103 Å². The summed E-state index contributed by atoms with van der Waals surface area (Å²) in [6.45, 7) is 0. The van der Waals surface area contributed by atoms with Crippen molar-refractivity contribution in [1.29, 1.82) is 0 Å².